The third kappa shape index (κ3) is 4.47. The SMILES string of the molecule is C=C/C=C\C(=C/C)C1(C)CC(C)(C)c2ccccc21.CC.CC. The fourth-order valence-corrected chi connectivity index (χ4v) is 3.66. The highest BCUT2D eigenvalue weighted by Crippen LogP contribution is 2.52. The van der Waals surface area contributed by atoms with Gasteiger partial charge in [-0.15, -0.1) is 0 Å². The maximum Gasteiger partial charge on any atom is 0.0182 e. The van der Waals surface area contributed by atoms with Crippen molar-refractivity contribution in [2.24, 2.45) is 0 Å². The van der Waals surface area contributed by atoms with Gasteiger partial charge in [0.1, 0.15) is 0 Å². The number of fused-ring (bicyclic) bond motifs is 1. The molecule has 1 aromatic carbocycles. The van der Waals surface area contributed by atoms with Crippen molar-refractivity contribution in [3.8, 4) is 0 Å². The Hall–Kier alpha value is -1.56. The van der Waals surface area contributed by atoms with Gasteiger partial charge in [-0.05, 0) is 35.5 Å². The predicted molar refractivity (Wildman–Crippen MR) is 107 cm³/mol. The first-order valence-electron chi connectivity index (χ1n) is 9.01. The van der Waals surface area contributed by atoms with Gasteiger partial charge in [0.25, 0.3) is 0 Å². The van der Waals surface area contributed by atoms with E-state index in [1.807, 2.05) is 39.8 Å². The second-order valence-electron chi connectivity index (χ2n) is 6.28. The number of hydrogen-bond donors (Lipinski definition) is 0. The molecule has 128 valence electrons. The molecule has 23 heavy (non-hydrogen) atoms. The Morgan fingerprint density at radius 3 is 2.00 bits per heavy atom. The molecule has 0 saturated carbocycles. The van der Waals surface area contributed by atoms with Gasteiger partial charge in [0.2, 0.25) is 0 Å². The lowest BCUT2D eigenvalue weighted by molar-refractivity contribution is 0.424. The van der Waals surface area contributed by atoms with Gasteiger partial charge in [-0.25, -0.2) is 0 Å². The van der Waals surface area contributed by atoms with Crippen LogP contribution < -0.4 is 0 Å². The van der Waals surface area contributed by atoms with Crippen LogP contribution in [0, 0.1) is 0 Å². The van der Waals surface area contributed by atoms with Gasteiger partial charge >= 0.3 is 0 Å². The smallest absolute Gasteiger partial charge is 0.0182 e. The van der Waals surface area contributed by atoms with Crippen molar-refractivity contribution < 1.29 is 0 Å². The Morgan fingerprint density at radius 2 is 1.52 bits per heavy atom. The third-order valence-electron chi connectivity index (χ3n) is 4.41. The molecule has 1 aliphatic carbocycles. The Kier molecular flexibility index (Phi) is 8.90. The second-order valence-corrected chi connectivity index (χ2v) is 6.28. The van der Waals surface area contributed by atoms with Crippen LogP contribution in [0.2, 0.25) is 0 Å². The van der Waals surface area contributed by atoms with E-state index in [-0.39, 0.29) is 10.8 Å². The van der Waals surface area contributed by atoms with Crippen LogP contribution >= 0.6 is 0 Å². The zero-order valence-electron chi connectivity index (χ0n) is 16.5. The van der Waals surface area contributed by atoms with Gasteiger partial charge in [0.05, 0.1) is 0 Å². The van der Waals surface area contributed by atoms with Crippen molar-refractivity contribution >= 4 is 0 Å². The number of allylic oxidation sites excluding steroid dienone is 5. The third-order valence-corrected chi connectivity index (χ3v) is 4.41. The van der Waals surface area contributed by atoms with E-state index in [0.717, 1.165) is 6.42 Å². The van der Waals surface area contributed by atoms with Crippen LogP contribution in [-0.4, -0.2) is 0 Å². The van der Waals surface area contributed by atoms with E-state index in [4.69, 9.17) is 0 Å². The van der Waals surface area contributed by atoms with E-state index in [1.165, 1.54) is 16.7 Å². The van der Waals surface area contributed by atoms with Gasteiger partial charge in [-0.1, -0.05) is 104 Å². The summed E-state index contributed by atoms with van der Waals surface area (Å²) < 4.78 is 0. The molecule has 1 aliphatic rings. The van der Waals surface area contributed by atoms with Gasteiger partial charge in [0.15, 0.2) is 0 Å². The molecule has 0 saturated heterocycles. The zero-order valence-corrected chi connectivity index (χ0v) is 16.5. The summed E-state index contributed by atoms with van der Waals surface area (Å²) in [6.07, 6.45) is 9.47. The summed E-state index contributed by atoms with van der Waals surface area (Å²) in [6, 6.07) is 8.88. The first kappa shape index (κ1) is 21.4. The minimum Gasteiger partial charge on any atom is -0.0991 e. The highest BCUT2D eigenvalue weighted by molar-refractivity contribution is 5.52. The molecule has 0 nitrogen and oxygen atoms in total. The second kappa shape index (κ2) is 9.55. The largest absolute Gasteiger partial charge is 0.0991 e. The van der Waals surface area contributed by atoms with Crippen LogP contribution in [0.15, 0.2) is 60.7 Å². The molecular weight excluding hydrogens is 276 g/mol. The molecule has 1 aromatic rings. The average Bonchev–Trinajstić information content (AvgIpc) is 2.79. The summed E-state index contributed by atoms with van der Waals surface area (Å²) in [5.41, 5.74) is 4.69. The van der Waals surface area contributed by atoms with E-state index in [1.54, 1.807) is 0 Å². The molecular formula is C23H36. The number of rotatable bonds is 3. The fraction of sp³-hybridized carbons (Fsp3) is 0.478. The Balaban J connectivity index is 0.00000112. The van der Waals surface area contributed by atoms with Gasteiger partial charge in [-0.2, -0.15) is 0 Å². The zero-order chi connectivity index (χ0) is 18.1. The molecule has 2 rings (SSSR count). The molecule has 0 heterocycles. The van der Waals surface area contributed by atoms with Crippen LogP contribution in [0.5, 0.6) is 0 Å². The minimum atomic E-state index is 0.106. The lowest BCUT2D eigenvalue weighted by Gasteiger charge is -2.29. The molecule has 0 N–H and O–H groups in total. The molecule has 0 spiro atoms. The maximum absolute atomic E-state index is 3.78. The molecule has 0 fully saturated rings. The first-order chi connectivity index (χ1) is 11.0. The Bertz CT molecular complexity index is 543. The lowest BCUT2D eigenvalue weighted by Crippen LogP contribution is -2.23. The van der Waals surface area contributed by atoms with E-state index in [2.05, 4.69) is 70.7 Å². The highest BCUT2D eigenvalue weighted by atomic mass is 14.5. The number of benzene rings is 1. The predicted octanol–water partition coefficient (Wildman–Crippen LogP) is 7.37. The summed E-state index contributed by atoms with van der Waals surface area (Å²) in [5.74, 6) is 0. The molecule has 0 aromatic heterocycles. The first-order valence-corrected chi connectivity index (χ1v) is 9.01. The Labute approximate surface area is 145 Å². The van der Waals surface area contributed by atoms with Crippen molar-refractivity contribution in [2.75, 3.05) is 0 Å². The molecule has 1 atom stereocenters. The minimum absolute atomic E-state index is 0.106. The normalized spacial score (nSPS) is 21.7. The average molecular weight is 313 g/mol. The van der Waals surface area contributed by atoms with Crippen molar-refractivity contribution in [2.45, 2.75) is 72.6 Å². The van der Waals surface area contributed by atoms with Crippen LogP contribution in [0.1, 0.15) is 72.9 Å². The van der Waals surface area contributed by atoms with Crippen molar-refractivity contribution in [3.63, 3.8) is 0 Å². The summed E-state index contributed by atoms with van der Waals surface area (Å²) in [7, 11) is 0. The van der Waals surface area contributed by atoms with E-state index in [0.29, 0.717) is 0 Å². The van der Waals surface area contributed by atoms with Crippen molar-refractivity contribution in [1.82, 2.24) is 0 Å². The number of hydrogen-bond acceptors (Lipinski definition) is 0. The quantitative estimate of drug-likeness (QED) is 0.511. The van der Waals surface area contributed by atoms with Crippen LogP contribution in [-0.2, 0) is 10.8 Å². The van der Waals surface area contributed by atoms with Crippen molar-refractivity contribution in [1.29, 1.82) is 0 Å². The lowest BCUT2D eigenvalue weighted by atomic mass is 9.74. The fourth-order valence-electron chi connectivity index (χ4n) is 3.66. The van der Waals surface area contributed by atoms with Gasteiger partial charge in [-0.3, -0.25) is 0 Å². The monoisotopic (exact) mass is 312 g/mol. The van der Waals surface area contributed by atoms with Gasteiger partial charge in [0, 0.05) is 5.41 Å². The molecule has 0 amide bonds. The molecule has 0 heteroatoms. The van der Waals surface area contributed by atoms with E-state index in [9.17, 15) is 0 Å². The topological polar surface area (TPSA) is 0 Å². The maximum atomic E-state index is 3.78. The molecule has 0 bridgehead atoms. The highest BCUT2D eigenvalue weighted by Gasteiger charge is 2.45. The summed E-state index contributed by atoms with van der Waals surface area (Å²) in [4.78, 5) is 0. The Morgan fingerprint density at radius 1 is 1.00 bits per heavy atom. The summed E-state index contributed by atoms with van der Waals surface area (Å²) in [5, 5.41) is 0. The van der Waals surface area contributed by atoms with E-state index < -0.39 is 0 Å². The van der Waals surface area contributed by atoms with Crippen molar-refractivity contribution in [3.05, 3.63) is 71.8 Å². The van der Waals surface area contributed by atoms with Crippen LogP contribution in [0.3, 0.4) is 0 Å². The molecule has 0 radical (unpaired) electrons. The summed E-state index contributed by atoms with van der Waals surface area (Å²) >= 11 is 0. The molecule has 1 unspecified atom stereocenters. The standard InChI is InChI=1S/C19H24.2C2H6/c1-6-8-11-15(7-2)19(5)14-18(3,4)16-12-9-10-13-17(16)19;2*1-2/h6-13H,1,14H2,2-5H3;2*1-2H3/b11-8-,15-7+;;. The van der Waals surface area contributed by atoms with Crippen LogP contribution in [0.4, 0.5) is 0 Å². The molecule has 0 aliphatic heterocycles. The van der Waals surface area contributed by atoms with Crippen LogP contribution in [0.25, 0.3) is 0 Å². The van der Waals surface area contributed by atoms with E-state index >= 15 is 0 Å². The van der Waals surface area contributed by atoms with Gasteiger partial charge < -0.3 is 0 Å². The summed E-state index contributed by atoms with van der Waals surface area (Å²) in [6.45, 7) is 21.0.